The first-order valence-corrected chi connectivity index (χ1v) is 8.98. The molecule has 3 rings (SSSR count). The van der Waals surface area contributed by atoms with Gasteiger partial charge in [0.25, 0.3) is 11.5 Å². The molecule has 8 heteroatoms. The molecule has 0 atom stereocenters. The number of hydrogen-bond acceptors (Lipinski definition) is 4. The zero-order chi connectivity index (χ0) is 19.6. The monoisotopic (exact) mass is 428 g/mol. The quantitative estimate of drug-likeness (QED) is 0.667. The van der Waals surface area contributed by atoms with Gasteiger partial charge in [0, 0.05) is 22.6 Å². The number of rotatable bonds is 4. The van der Waals surface area contributed by atoms with Crippen molar-refractivity contribution in [2.45, 2.75) is 13.5 Å². The highest BCUT2D eigenvalue weighted by molar-refractivity contribution is 9.10. The van der Waals surface area contributed by atoms with Gasteiger partial charge in [0.2, 0.25) is 5.91 Å². The summed E-state index contributed by atoms with van der Waals surface area (Å²) in [5.74, 6) is -0.836. The number of carbonyl (C=O) groups is 2. The SMILES string of the molecule is CNC(=O)c1nn(CC(=O)Nc2ccc(Br)cc2C)c(=O)c2ccccc12. The Balaban J connectivity index is 1.96. The van der Waals surface area contributed by atoms with E-state index in [1.165, 1.54) is 7.05 Å². The van der Waals surface area contributed by atoms with Crippen molar-refractivity contribution in [1.29, 1.82) is 0 Å². The van der Waals surface area contributed by atoms with E-state index in [4.69, 9.17) is 0 Å². The molecule has 0 fully saturated rings. The van der Waals surface area contributed by atoms with Crippen LogP contribution < -0.4 is 16.2 Å². The number of anilines is 1. The number of amides is 2. The van der Waals surface area contributed by atoms with E-state index in [0.29, 0.717) is 16.5 Å². The zero-order valence-electron chi connectivity index (χ0n) is 14.7. The van der Waals surface area contributed by atoms with Crippen LogP contribution in [-0.2, 0) is 11.3 Å². The predicted octanol–water partition coefficient (Wildman–Crippen LogP) is 2.47. The van der Waals surface area contributed by atoms with Crippen molar-refractivity contribution in [3.8, 4) is 0 Å². The predicted molar refractivity (Wildman–Crippen MR) is 107 cm³/mol. The third kappa shape index (κ3) is 3.90. The van der Waals surface area contributed by atoms with E-state index in [-0.39, 0.29) is 12.2 Å². The van der Waals surface area contributed by atoms with E-state index in [2.05, 4.69) is 31.7 Å². The molecule has 3 aromatic rings. The van der Waals surface area contributed by atoms with Crippen molar-refractivity contribution < 1.29 is 9.59 Å². The highest BCUT2D eigenvalue weighted by Crippen LogP contribution is 2.20. The minimum atomic E-state index is -0.430. The number of benzene rings is 2. The van der Waals surface area contributed by atoms with Gasteiger partial charge in [0.1, 0.15) is 6.54 Å². The Kier molecular flexibility index (Phi) is 5.36. The number of aromatic nitrogens is 2. The lowest BCUT2D eigenvalue weighted by Crippen LogP contribution is -2.33. The van der Waals surface area contributed by atoms with E-state index in [0.717, 1.165) is 14.7 Å². The molecule has 0 saturated carbocycles. The summed E-state index contributed by atoms with van der Waals surface area (Å²) in [5.41, 5.74) is 1.19. The highest BCUT2D eigenvalue weighted by atomic mass is 79.9. The van der Waals surface area contributed by atoms with Crippen LogP contribution in [0.4, 0.5) is 5.69 Å². The minimum Gasteiger partial charge on any atom is -0.354 e. The summed E-state index contributed by atoms with van der Waals surface area (Å²) in [6.45, 7) is 1.56. The molecule has 1 aromatic heterocycles. The molecule has 2 N–H and O–H groups in total. The first kappa shape index (κ1) is 18.8. The van der Waals surface area contributed by atoms with Crippen LogP contribution in [0.5, 0.6) is 0 Å². The van der Waals surface area contributed by atoms with Gasteiger partial charge in [-0.2, -0.15) is 5.10 Å². The van der Waals surface area contributed by atoms with Crippen molar-refractivity contribution in [2.75, 3.05) is 12.4 Å². The fourth-order valence-corrected chi connectivity index (χ4v) is 3.20. The molecule has 0 bridgehead atoms. The van der Waals surface area contributed by atoms with E-state index < -0.39 is 17.4 Å². The molecule has 0 aliphatic carbocycles. The van der Waals surface area contributed by atoms with Crippen LogP contribution in [0.15, 0.2) is 51.7 Å². The van der Waals surface area contributed by atoms with Crippen LogP contribution in [0.25, 0.3) is 10.8 Å². The van der Waals surface area contributed by atoms with E-state index in [9.17, 15) is 14.4 Å². The highest BCUT2D eigenvalue weighted by Gasteiger charge is 2.17. The maximum atomic E-state index is 12.7. The van der Waals surface area contributed by atoms with E-state index >= 15 is 0 Å². The second-order valence-electron chi connectivity index (χ2n) is 5.94. The third-order valence-corrected chi connectivity index (χ3v) is 4.56. The Morgan fingerprint density at radius 2 is 1.85 bits per heavy atom. The van der Waals surface area contributed by atoms with Gasteiger partial charge >= 0.3 is 0 Å². The smallest absolute Gasteiger partial charge is 0.275 e. The first-order valence-electron chi connectivity index (χ1n) is 8.18. The number of nitrogens with zero attached hydrogens (tertiary/aromatic N) is 2. The molecule has 1 heterocycles. The molecule has 2 aromatic carbocycles. The summed E-state index contributed by atoms with van der Waals surface area (Å²) < 4.78 is 1.91. The average molecular weight is 429 g/mol. The summed E-state index contributed by atoms with van der Waals surface area (Å²) in [4.78, 5) is 37.3. The van der Waals surface area contributed by atoms with Crippen molar-refractivity contribution in [3.63, 3.8) is 0 Å². The molecule has 0 saturated heterocycles. The van der Waals surface area contributed by atoms with Crippen molar-refractivity contribution >= 4 is 44.2 Å². The Hall–Kier alpha value is -3.00. The van der Waals surface area contributed by atoms with Crippen LogP contribution in [-0.4, -0.2) is 28.6 Å². The Morgan fingerprint density at radius 1 is 1.15 bits per heavy atom. The third-order valence-electron chi connectivity index (χ3n) is 4.07. The van der Waals surface area contributed by atoms with Crippen molar-refractivity contribution in [2.24, 2.45) is 0 Å². The summed E-state index contributed by atoms with van der Waals surface area (Å²) in [6, 6.07) is 12.1. The first-order chi connectivity index (χ1) is 12.9. The van der Waals surface area contributed by atoms with Crippen molar-refractivity contribution in [1.82, 2.24) is 15.1 Å². The summed E-state index contributed by atoms with van der Waals surface area (Å²) in [5, 5.41) is 10.2. The van der Waals surface area contributed by atoms with Gasteiger partial charge in [-0.1, -0.05) is 34.1 Å². The number of aryl methyl sites for hydroxylation is 1. The number of halogens is 1. The van der Waals surface area contributed by atoms with Crippen LogP contribution >= 0.6 is 15.9 Å². The van der Waals surface area contributed by atoms with Gasteiger partial charge in [-0.3, -0.25) is 14.4 Å². The standard InChI is InChI=1S/C19H17BrN4O3/c1-11-9-12(20)7-8-15(11)22-16(25)10-24-19(27)14-6-4-3-5-13(14)17(23-24)18(26)21-2/h3-9H,10H2,1-2H3,(H,21,26)(H,22,25). The second-order valence-corrected chi connectivity index (χ2v) is 6.86. The molecular formula is C19H17BrN4O3. The number of hydrogen-bond donors (Lipinski definition) is 2. The van der Waals surface area contributed by atoms with Crippen LogP contribution in [0.1, 0.15) is 16.1 Å². The largest absolute Gasteiger partial charge is 0.354 e. The lowest BCUT2D eigenvalue weighted by atomic mass is 10.1. The van der Waals surface area contributed by atoms with Crippen LogP contribution in [0, 0.1) is 6.92 Å². The van der Waals surface area contributed by atoms with Gasteiger partial charge in [0.15, 0.2) is 5.69 Å². The molecular weight excluding hydrogens is 412 g/mol. The molecule has 27 heavy (non-hydrogen) atoms. The summed E-state index contributed by atoms with van der Waals surface area (Å²) in [6.07, 6.45) is 0. The number of fused-ring (bicyclic) bond motifs is 1. The van der Waals surface area contributed by atoms with Crippen LogP contribution in [0.3, 0.4) is 0 Å². The summed E-state index contributed by atoms with van der Waals surface area (Å²) in [7, 11) is 1.48. The Labute approximate surface area is 163 Å². The number of nitrogens with one attached hydrogen (secondary N) is 2. The van der Waals surface area contributed by atoms with Gasteiger partial charge in [-0.15, -0.1) is 0 Å². The maximum absolute atomic E-state index is 12.7. The van der Waals surface area contributed by atoms with E-state index in [1.807, 2.05) is 19.1 Å². The normalized spacial score (nSPS) is 10.6. The molecule has 0 unspecified atom stereocenters. The molecule has 0 aliphatic heterocycles. The topological polar surface area (TPSA) is 93.1 Å². The molecule has 0 aliphatic rings. The molecule has 2 amide bonds. The van der Waals surface area contributed by atoms with Gasteiger partial charge in [-0.05, 0) is 36.8 Å². The van der Waals surface area contributed by atoms with E-state index in [1.54, 1.807) is 30.3 Å². The number of carbonyl (C=O) groups excluding carboxylic acids is 2. The fourth-order valence-electron chi connectivity index (χ4n) is 2.72. The lowest BCUT2D eigenvalue weighted by Gasteiger charge is -2.12. The molecule has 0 spiro atoms. The maximum Gasteiger partial charge on any atom is 0.275 e. The molecule has 7 nitrogen and oxygen atoms in total. The average Bonchev–Trinajstić information content (AvgIpc) is 2.65. The molecule has 0 radical (unpaired) electrons. The second kappa shape index (κ2) is 7.71. The summed E-state index contributed by atoms with van der Waals surface area (Å²) >= 11 is 3.37. The van der Waals surface area contributed by atoms with Gasteiger partial charge in [0.05, 0.1) is 5.39 Å². The fraction of sp³-hybridized carbons (Fsp3) is 0.158. The van der Waals surface area contributed by atoms with Crippen LogP contribution in [0.2, 0.25) is 0 Å². The zero-order valence-corrected chi connectivity index (χ0v) is 16.3. The minimum absolute atomic E-state index is 0.0975. The van der Waals surface area contributed by atoms with Gasteiger partial charge < -0.3 is 10.6 Å². The Bertz CT molecular complexity index is 1110. The Morgan fingerprint density at radius 3 is 2.52 bits per heavy atom. The molecule has 138 valence electrons. The van der Waals surface area contributed by atoms with Gasteiger partial charge in [-0.25, -0.2) is 4.68 Å². The lowest BCUT2D eigenvalue weighted by molar-refractivity contribution is -0.117. The van der Waals surface area contributed by atoms with Crippen molar-refractivity contribution in [3.05, 3.63) is 68.5 Å².